The number of ether oxygens (including phenoxy) is 1. The molecule has 0 unspecified atom stereocenters. The van der Waals surface area contributed by atoms with Crippen LogP contribution in [0.3, 0.4) is 0 Å². The third-order valence-electron chi connectivity index (χ3n) is 2.64. The third-order valence-corrected chi connectivity index (χ3v) is 2.64. The molecule has 1 rings (SSSR count). The van der Waals surface area contributed by atoms with Crippen LogP contribution in [0.1, 0.15) is 12.8 Å². The van der Waals surface area contributed by atoms with Crippen molar-refractivity contribution in [1.82, 2.24) is 0 Å². The molecule has 0 radical (unpaired) electrons. The van der Waals surface area contributed by atoms with Gasteiger partial charge in [-0.25, -0.2) is 9.59 Å². The lowest BCUT2D eigenvalue weighted by Crippen LogP contribution is -2.32. The van der Waals surface area contributed by atoms with E-state index in [0.717, 1.165) is 0 Å². The summed E-state index contributed by atoms with van der Waals surface area (Å²) in [6.07, 6.45) is 0.923. The maximum Gasteiger partial charge on any atom is 0.390 e. The number of esters is 1. The van der Waals surface area contributed by atoms with E-state index in [0.29, 0.717) is 0 Å². The molecule has 0 amide bonds. The smallest absolute Gasteiger partial charge is 0.390 e. The van der Waals surface area contributed by atoms with Gasteiger partial charge in [0.2, 0.25) is 0 Å². The number of aliphatic carboxylic acids is 3. The number of rotatable bonds is 3. The number of allylic oxidation sites excluding steroid dienone is 2. The number of carboxylic acid groups (broad SMARTS) is 3. The zero-order chi connectivity index (χ0) is 15.3. The van der Waals surface area contributed by atoms with Gasteiger partial charge in [-0.3, -0.25) is 9.59 Å². The molecule has 8 nitrogen and oxygen atoms in total. The van der Waals surface area contributed by atoms with Gasteiger partial charge in [-0.15, -0.1) is 0 Å². The van der Waals surface area contributed by atoms with Crippen molar-refractivity contribution >= 4 is 23.9 Å². The van der Waals surface area contributed by atoms with Crippen LogP contribution in [0.2, 0.25) is 0 Å². The predicted molar refractivity (Wildman–Crippen MR) is 61.1 cm³/mol. The second-order valence-corrected chi connectivity index (χ2v) is 3.94. The van der Waals surface area contributed by atoms with Gasteiger partial charge in [0.1, 0.15) is 5.76 Å². The highest BCUT2D eigenvalue weighted by atomic mass is 16.5. The summed E-state index contributed by atoms with van der Waals surface area (Å²) in [7, 11) is 0. The average Bonchev–Trinajstić information content (AvgIpc) is 2.35. The molecular weight excluding hydrogens is 272 g/mol. The Morgan fingerprint density at radius 3 is 2.15 bits per heavy atom. The number of carbonyl (C=O) groups is 4. The Bertz CT molecular complexity index is 548. The van der Waals surface area contributed by atoms with E-state index < -0.39 is 35.7 Å². The van der Waals surface area contributed by atoms with Crippen LogP contribution in [0.25, 0.3) is 0 Å². The molecule has 0 aromatic rings. The zero-order valence-electron chi connectivity index (χ0n) is 10.0. The summed E-state index contributed by atoms with van der Waals surface area (Å²) in [6.45, 7) is 0. The summed E-state index contributed by atoms with van der Waals surface area (Å²) < 4.78 is 4.68. The molecule has 20 heavy (non-hydrogen) atoms. The van der Waals surface area contributed by atoms with E-state index >= 15 is 0 Å². The van der Waals surface area contributed by atoms with Crippen LogP contribution in [0.15, 0.2) is 11.8 Å². The van der Waals surface area contributed by atoms with E-state index in [2.05, 4.69) is 4.74 Å². The van der Waals surface area contributed by atoms with Crippen molar-refractivity contribution in [1.29, 1.82) is 0 Å². The van der Waals surface area contributed by atoms with Crippen molar-refractivity contribution in [3.8, 4) is 11.8 Å². The second kappa shape index (κ2) is 6.38. The summed E-state index contributed by atoms with van der Waals surface area (Å²) >= 11 is 0. The molecule has 0 aromatic carbocycles. The minimum Gasteiger partial charge on any atom is -0.481 e. The Kier molecular flexibility index (Phi) is 4.86. The van der Waals surface area contributed by atoms with Gasteiger partial charge in [0.25, 0.3) is 0 Å². The van der Waals surface area contributed by atoms with Crippen LogP contribution in [-0.4, -0.2) is 39.2 Å². The summed E-state index contributed by atoms with van der Waals surface area (Å²) in [6, 6.07) is 0. The monoisotopic (exact) mass is 282 g/mol. The standard InChI is InChI=1S/C12H10O8/c13-9(14)3-4-10(15)20-6-1-2-7(11(16)17)8(5-6)12(18)19/h1,7-8H,2,5H2,(H,13,14)(H,16,17)(H,18,19)/t7-,8-/m0/s1. The molecule has 106 valence electrons. The zero-order valence-corrected chi connectivity index (χ0v) is 10.0. The van der Waals surface area contributed by atoms with Gasteiger partial charge in [0, 0.05) is 18.3 Å². The predicted octanol–water partition coefficient (Wildman–Crippen LogP) is -0.303. The highest BCUT2D eigenvalue weighted by molar-refractivity contribution is 5.97. The van der Waals surface area contributed by atoms with Crippen LogP contribution in [-0.2, 0) is 23.9 Å². The molecule has 0 heterocycles. The average molecular weight is 282 g/mol. The van der Waals surface area contributed by atoms with Crippen molar-refractivity contribution in [2.45, 2.75) is 12.8 Å². The topological polar surface area (TPSA) is 138 Å². The fourth-order valence-corrected chi connectivity index (χ4v) is 1.73. The lowest BCUT2D eigenvalue weighted by Gasteiger charge is -2.24. The molecule has 1 aliphatic carbocycles. The number of carboxylic acids is 3. The van der Waals surface area contributed by atoms with Crippen molar-refractivity contribution in [3.05, 3.63) is 11.8 Å². The van der Waals surface area contributed by atoms with Crippen LogP contribution in [0, 0.1) is 23.7 Å². The molecule has 0 aromatic heterocycles. The highest BCUT2D eigenvalue weighted by Gasteiger charge is 2.37. The highest BCUT2D eigenvalue weighted by Crippen LogP contribution is 2.30. The molecule has 0 aliphatic heterocycles. The van der Waals surface area contributed by atoms with Gasteiger partial charge in [-0.05, 0) is 12.5 Å². The molecule has 3 N–H and O–H groups in total. The normalized spacial score (nSPS) is 20.9. The first kappa shape index (κ1) is 15.2. The SMILES string of the molecule is O=C(O)C#CC(=O)OC1=CC[C@H](C(=O)O)[C@@H](C(=O)O)C1. The largest absolute Gasteiger partial charge is 0.481 e. The molecule has 0 bridgehead atoms. The van der Waals surface area contributed by atoms with Gasteiger partial charge in [0.05, 0.1) is 11.8 Å². The van der Waals surface area contributed by atoms with E-state index in [1.807, 2.05) is 0 Å². The second-order valence-electron chi connectivity index (χ2n) is 3.94. The lowest BCUT2D eigenvalue weighted by atomic mass is 9.82. The Balaban J connectivity index is 2.77. The summed E-state index contributed by atoms with van der Waals surface area (Å²) in [5, 5.41) is 26.1. The Morgan fingerprint density at radius 1 is 1.05 bits per heavy atom. The van der Waals surface area contributed by atoms with Crippen LogP contribution >= 0.6 is 0 Å². The molecule has 0 fully saturated rings. The number of carbonyl (C=O) groups excluding carboxylic acids is 1. The fraction of sp³-hybridized carbons (Fsp3) is 0.333. The first-order valence-electron chi connectivity index (χ1n) is 5.42. The molecule has 8 heteroatoms. The van der Waals surface area contributed by atoms with Gasteiger partial charge < -0.3 is 20.1 Å². The van der Waals surface area contributed by atoms with E-state index in [1.54, 1.807) is 11.8 Å². The first-order chi connectivity index (χ1) is 9.31. The van der Waals surface area contributed by atoms with E-state index in [9.17, 15) is 19.2 Å². The quantitative estimate of drug-likeness (QED) is 0.364. The van der Waals surface area contributed by atoms with Gasteiger partial charge in [-0.2, -0.15) is 0 Å². The summed E-state index contributed by atoms with van der Waals surface area (Å²) in [4.78, 5) is 43.1. The Labute approximate surface area is 112 Å². The Morgan fingerprint density at radius 2 is 1.65 bits per heavy atom. The van der Waals surface area contributed by atoms with Crippen molar-refractivity contribution in [2.24, 2.45) is 11.8 Å². The van der Waals surface area contributed by atoms with Gasteiger partial charge in [0.15, 0.2) is 0 Å². The van der Waals surface area contributed by atoms with Crippen LogP contribution < -0.4 is 0 Å². The minimum atomic E-state index is -1.51. The molecule has 0 saturated heterocycles. The van der Waals surface area contributed by atoms with Gasteiger partial charge >= 0.3 is 23.9 Å². The van der Waals surface area contributed by atoms with Crippen molar-refractivity contribution in [3.63, 3.8) is 0 Å². The van der Waals surface area contributed by atoms with Crippen LogP contribution in [0.5, 0.6) is 0 Å². The lowest BCUT2D eigenvalue weighted by molar-refractivity contribution is -0.154. The number of hydrogen-bond donors (Lipinski definition) is 3. The van der Waals surface area contributed by atoms with Crippen molar-refractivity contribution in [2.75, 3.05) is 0 Å². The molecular formula is C12H10O8. The maximum atomic E-state index is 11.1. The molecule has 2 atom stereocenters. The molecule has 0 saturated carbocycles. The fourth-order valence-electron chi connectivity index (χ4n) is 1.73. The van der Waals surface area contributed by atoms with Gasteiger partial charge in [-0.1, -0.05) is 0 Å². The molecule has 0 spiro atoms. The minimum absolute atomic E-state index is 0.0282. The summed E-state index contributed by atoms with van der Waals surface area (Å²) in [5.74, 6) is -4.30. The Hall–Kier alpha value is -2.82. The van der Waals surface area contributed by atoms with Crippen molar-refractivity contribution < 1.29 is 39.2 Å². The maximum absolute atomic E-state index is 11.1. The van der Waals surface area contributed by atoms with E-state index in [-0.39, 0.29) is 18.6 Å². The summed E-state index contributed by atoms with van der Waals surface area (Å²) in [5.41, 5.74) is 0. The van der Waals surface area contributed by atoms with Crippen LogP contribution in [0.4, 0.5) is 0 Å². The first-order valence-corrected chi connectivity index (χ1v) is 5.42. The van der Waals surface area contributed by atoms with E-state index in [1.165, 1.54) is 6.08 Å². The number of hydrogen-bond acceptors (Lipinski definition) is 5. The third kappa shape index (κ3) is 4.13. The molecule has 1 aliphatic rings. The van der Waals surface area contributed by atoms with E-state index in [4.69, 9.17) is 15.3 Å².